The van der Waals surface area contributed by atoms with Crippen molar-refractivity contribution in [1.82, 2.24) is 14.9 Å². The number of nitrogens with one attached hydrogen (secondary N) is 1. The van der Waals surface area contributed by atoms with Gasteiger partial charge in [0.15, 0.2) is 0 Å². The van der Waals surface area contributed by atoms with Gasteiger partial charge in [0.1, 0.15) is 17.4 Å². The number of amides is 1. The summed E-state index contributed by atoms with van der Waals surface area (Å²) in [4.78, 5) is 25.1. The average Bonchev–Trinajstić information content (AvgIpc) is 2.84. The van der Waals surface area contributed by atoms with Gasteiger partial charge in [-0.1, -0.05) is 6.07 Å². The first kappa shape index (κ1) is 25.8. The van der Waals surface area contributed by atoms with E-state index in [1.165, 1.54) is 4.90 Å². The second kappa shape index (κ2) is 10.3. The summed E-state index contributed by atoms with van der Waals surface area (Å²) >= 11 is 0. The second-order valence-electron chi connectivity index (χ2n) is 9.70. The van der Waals surface area contributed by atoms with Gasteiger partial charge in [-0.2, -0.15) is 0 Å². The maximum Gasteiger partial charge on any atom is 0.226 e. The third-order valence-corrected chi connectivity index (χ3v) is 6.44. The van der Waals surface area contributed by atoms with Crippen LogP contribution in [0, 0.1) is 13.8 Å². The first-order valence-electron chi connectivity index (χ1n) is 12.2. The van der Waals surface area contributed by atoms with Crippen LogP contribution in [-0.4, -0.2) is 47.0 Å². The van der Waals surface area contributed by atoms with E-state index in [4.69, 9.17) is 10.7 Å². The minimum atomic E-state index is -0.0754. The summed E-state index contributed by atoms with van der Waals surface area (Å²) < 4.78 is 0. The molecule has 4 N–H and O–H groups in total. The zero-order chi connectivity index (χ0) is 26.9. The Hall–Kier alpha value is -4.33. The van der Waals surface area contributed by atoms with Gasteiger partial charge in [-0.25, -0.2) is 9.97 Å². The summed E-state index contributed by atoms with van der Waals surface area (Å²) in [7, 11) is 5.36. The number of fused-ring (bicyclic) bond motifs is 1. The van der Waals surface area contributed by atoms with Crippen LogP contribution >= 0.6 is 0 Å². The lowest BCUT2D eigenvalue weighted by atomic mass is 10.0. The Balaban J connectivity index is 1.69. The summed E-state index contributed by atoms with van der Waals surface area (Å²) in [6, 6.07) is 17.4. The number of nitrogen functional groups attached to an aromatic ring is 1. The smallest absolute Gasteiger partial charge is 0.226 e. The zero-order valence-corrected chi connectivity index (χ0v) is 22.2. The number of nitrogens with zero attached hydrogens (tertiary/aromatic N) is 4. The Labute approximate surface area is 217 Å². The molecule has 8 heteroatoms. The van der Waals surface area contributed by atoms with Gasteiger partial charge in [-0.15, -0.1) is 0 Å². The Bertz CT molecular complexity index is 1450. The van der Waals surface area contributed by atoms with Crippen LogP contribution in [0.2, 0.25) is 0 Å². The maximum absolute atomic E-state index is 12.2. The van der Waals surface area contributed by atoms with Gasteiger partial charge in [0.25, 0.3) is 0 Å². The highest BCUT2D eigenvalue weighted by Crippen LogP contribution is 2.33. The molecule has 0 spiro atoms. The summed E-state index contributed by atoms with van der Waals surface area (Å²) in [5, 5.41) is 14.8. The quantitative estimate of drug-likeness (QED) is 0.304. The molecular weight excluding hydrogens is 464 g/mol. The van der Waals surface area contributed by atoms with Crippen molar-refractivity contribution >= 4 is 39.7 Å². The molecule has 192 valence electrons. The van der Waals surface area contributed by atoms with E-state index in [1.807, 2.05) is 68.3 Å². The van der Waals surface area contributed by atoms with Crippen molar-refractivity contribution in [2.24, 2.45) is 0 Å². The number of nitrogens with two attached hydrogens (primary N) is 1. The van der Waals surface area contributed by atoms with E-state index >= 15 is 0 Å². The minimum absolute atomic E-state index is 0.0185. The van der Waals surface area contributed by atoms with Crippen molar-refractivity contribution in [3.63, 3.8) is 0 Å². The van der Waals surface area contributed by atoms with Gasteiger partial charge in [-0.05, 0) is 80.4 Å². The van der Waals surface area contributed by atoms with E-state index < -0.39 is 0 Å². The molecule has 1 amide bonds. The third-order valence-electron chi connectivity index (χ3n) is 6.44. The molecule has 0 aliphatic rings. The van der Waals surface area contributed by atoms with Crippen molar-refractivity contribution in [3.05, 3.63) is 77.1 Å². The number of phenols is 1. The highest BCUT2D eigenvalue weighted by Gasteiger charge is 2.16. The summed E-state index contributed by atoms with van der Waals surface area (Å²) in [5.74, 6) is 1.45. The second-order valence-corrected chi connectivity index (χ2v) is 9.70. The number of likely N-dealkylation sites (N-methyl/N-ethyl adjacent to an activating group) is 1. The van der Waals surface area contributed by atoms with Crippen LogP contribution < -0.4 is 16.0 Å². The molecule has 0 bridgehead atoms. The third kappa shape index (κ3) is 5.74. The molecular formula is C29H34N6O2. The van der Waals surface area contributed by atoms with Gasteiger partial charge in [-0.3, -0.25) is 4.79 Å². The molecule has 0 unspecified atom stereocenters. The lowest BCUT2D eigenvalue weighted by Crippen LogP contribution is -2.23. The Morgan fingerprint density at radius 1 is 1.00 bits per heavy atom. The molecule has 0 aliphatic heterocycles. The molecule has 4 aromatic rings. The largest absolute Gasteiger partial charge is 0.508 e. The number of hydrogen-bond donors (Lipinski definition) is 3. The van der Waals surface area contributed by atoms with E-state index in [9.17, 15) is 9.90 Å². The number of hydrogen-bond acceptors (Lipinski definition) is 7. The maximum atomic E-state index is 12.2. The molecule has 0 fully saturated rings. The number of phenolic OH excluding ortho intramolecular Hbond substituents is 1. The number of carbonyl (C=O) groups is 1. The highest BCUT2D eigenvalue weighted by molar-refractivity contribution is 5.92. The van der Waals surface area contributed by atoms with Crippen LogP contribution in [0.1, 0.15) is 35.5 Å². The van der Waals surface area contributed by atoms with Crippen LogP contribution in [0.15, 0.2) is 54.6 Å². The predicted molar refractivity (Wildman–Crippen MR) is 150 cm³/mol. The number of aromatic hydroxyl groups is 1. The molecule has 3 aromatic carbocycles. The molecule has 8 nitrogen and oxygen atoms in total. The van der Waals surface area contributed by atoms with Crippen LogP contribution in [0.25, 0.3) is 10.9 Å². The average molecular weight is 499 g/mol. The lowest BCUT2D eigenvalue weighted by Gasteiger charge is -2.22. The molecule has 0 radical (unpaired) electrons. The number of carbonyl (C=O) groups excluding carboxylic acids is 1. The molecule has 0 saturated heterocycles. The number of aromatic nitrogens is 2. The first-order valence-corrected chi connectivity index (χ1v) is 12.2. The van der Waals surface area contributed by atoms with E-state index in [1.54, 1.807) is 20.2 Å². The fourth-order valence-corrected chi connectivity index (χ4v) is 4.33. The molecule has 1 aromatic heterocycles. The minimum Gasteiger partial charge on any atom is -0.508 e. The first-order chi connectivity index (χ1) is 17.5. The van der Waals surface area contributed by atoms with Crippen molar-refractivity contribution in [3.8, 4) is 5.75 Å². The zero-order valence-electron chi connectivity index (χ0n) is 22.2. The van der Waals surface area contributed by atoms with Crippen molar-refractivity contribution in [2.75, 3.05) is 37.1 Å². The Morgan fingerprint density at radius 3 is 2.41 bits per heavy atom. The number of aryl methyl sites for hydroxylation is 2. The van der Waals surface area contributed by atoms with E-state index in [2.05, 4.69) is 23.3 Å². The fraction of sp³-hybridized carbons (Fsp3) is 0.276. The SMILES string of the molecule is Cc1cc(N)cc([C@@H](C)Nc2nc(C)nc3ccc(N(C)c4ccc(O)c(CC(=O)N(C)C)c4)cc23)c1. The van der Waals surface area contributed by atoms with Crippen molar-refractivity contribution in [1.29, 1.82) is 0 Å². The highest BCUT2D eigenvalue weighted by atomic mass is 16.3. The van der Waals surface area contributed by atoms with Gasteiger partial charge < -0.3 is 26.0 Å². The number of anilines is 4. The molecule has 1 atom stereocenters. The molecule has 0 aliphatic carbocycles. The van der Waals surface area contributed by atoms with E-state index in [0.717, 1.165) is 44.9 Å². The lowest BCUT2D eigenvalue weighted by molar-refractivity contribution is -0.127. The Morgan fingerprint density at radius 2 is 1.70 bits per heavy atom. The number of benzene rings is 3. The van der Waals surface area contributed by atoms with E-state index in [-0.39, 0.29) is 24.1 Å². The van der Waals surface area contributed by atoms with Crippen molar-refractivity contribution in [2.45, 2.75) is 33.2 Å². The number of rotatable bonds is 7. The van der Waals surface area contributed by atoms with Gasteiger partial charge in [0.05, 0.1) is 18.0 Å². The Kier molecular flexibility index (Phi) is 7.20. The molecule has 0 saturated carbocycles. The molecule has 1 heterocycles. The van der Waals surface area contributed by atoms with Crippen LogP contribution in [0.4, 0.5) is 22.9 Å². The van der Waals surface area contributed by atoms with Gasteiger partial charge in [0, 0.05) is 49.2 Å². The summed E-state index contributed by atoms with van der Waals surface area (Å²) in [6.45, 7) is 6.00. The van der Waals surface area contributed by atoms with Crippen LogP contribution in [0.3, 0.4) is 0 Å². The molecule has 37 heavy (non-hydrogen) atoms. The van der Waals surface area contributed by atoms with Crippen LogP contribution in [-0.2, 0) is 11.2 Å². The van der Waals surface area contributed by atoms with Gasteiger partial charge in [0.2, 0.25) is 5.91 Å². The van der Waals surface area contributed by atoms with Crippen molar-refractivity contribution < 1.29 is 9.90 Å². The fourth-order valence-electron chi connectivity index (χ4n) is 4.33. The van der Waals surface area contributed by atoms with Gasteiger partial charge >= 0.3 is 0 Å². The van der Waals surface area contributed by atoms with Crippen LogP contribution in [0.5, 0.6) is 5.75 Å². The normalized spacial score (nSPS) is 11.8. The van der Waals surface area contributed by atoms with E-state index in [0.29, 0.717) is 11.4 Å². The predicted octanol–water partition coefficient (Wildman–Crippen LogP) is 5.11. The monoisotopic (exact) mass is 498 g/mol. The summed E-state index contributed by atoms with van der Waals surface area (Å²) in [5.41, 5.74) is 12.2. The topological polar surface area (TPSA) is 108 Å². The summed E-state index contributed by atoms with van der Waals surface area (Å²) in [6.07, 6.45) is 0.126. The standard InChI is InChI=1S/C29H34N6O2/c1-17-11-20(13-22(30)12-17)18(2)31-29-25-16-24(7-9-26(25)32-19(3)33-29)35(6)23-8-10-27(36)21(14-23)15-28(37)34(4)5/h7-14,16,18,36H,15,30H2,1-6H3,(H,31,32,33)/t18-/m1/s1. The molecule has 4 rings (SSSR count).